The maximum Gasteiger partial charge on any atom is 0.255 e. The molecule has 0 aliphatic carbocycles. The van der Waals surface area contributed by atoms with Gasteiger partial charge in [-0.2, -0.15) is 0 Å². The number of ether oxygens (including phenoxy) is 1. The Kier molecular flexibility index (Phi) is 4.69. The van der Waals surface area contributed by atoms with Crippen molar-refractivity contribution >= 4 is 5.91 Å². The molecule has 0 saturated heterocycles. The molecule has 3 nitrogen and oxygen atoms in total. The van der Waals surface area contributed by atoms with Crippen molar-refractivity contribution in [3.63, 3.8) is 0 Å². The van der Waals surface area contributed by atoms with Gasteiger partial charge < -0.3 is 10.1 Å². The van der Waals surface area contributed by atoms with E-state index in [0.29, 0.717) is 17.4 Å². The molecule has 0 saturated carbocycles. The van der Waals surface area contributed by atoms with Crippen LogP contribution in [0.2, 0.25) is 0 Å². The van der Waals surface area contributed by atoms with E-state index in [1.165, 1.54) is 0 Å². The Morgan fingerprint density at radius 2 is 2.00 bits per heavy atom. The van der Waals surface area contributed by atoms with E-state index in [1.807, 2.05) is 12.1 Å². The maximum absolute atomic E-state index is 12.4. The molecule has 2 atom stereocenters. The first-order valence-corrected chi connectivity index (χ1v) is 7.66. The number of amides is 1. The zero-order valence-electron chi connectivity index (χ0n) is 12.9. The molecule has 110 valence electrons. The van der Waals surface area contributed by atoms with E-state index in [0.717, 1.165) is 30.7 Å². The molecule has 0 fully saturated rings. The van der Waals surface area contributed by atoms with Crippen molar-refractivity contribution in [2.75, 3.05) is 6.54 Å². The number of carbonyl (C=O) groups excluding carboxylic acids is 1. The van der Waals surface area contributed by atoms with Crippen LogP contribution in [-0.2, 0) is 0 Å². The molecule has 20 heavy (non-hydrogen) atoms. The molecule has 1 amide bonds. The molecule has 1 N–H and O–H groups in total. The van der Waals surface area contributed by atoms with Crippen LogP contribution in [0.1, 0.15) is 62.4 Å². The number of benzene rings is 1. The maximum atomic E-state index is 12.4. The summed E-state index contributed by atoms with van der Waals surface area (Å²) in [4.78, 5) is 12.4. The van der Waals surface area contributed by atoms with Gasteiger partial charge in [0, 0.05) is 18.0 Å². The highest BCUT2D eigenvalue weighted by Crippen LogP contribution is 2.40. The summed E-state index contributed by atoms with van der Waals surface area (Å²) in [5, 5.41) is 3.04. The lowest BCUT2D eigenvalue weighted by Crippen LogP contribution is -2.29. The van der Waals surface area contributed by atoms with Gasteiger partial charge in [0.15, 0.2) is 0 Å². The van der Waals surface area contributed by atoms with Crippen LogP contribution in [0.5, 0.6) is 5.75 Å². The van der Waals surface area contributed by atoms with Crippen LogP contribution in [0.3, 0.4) is 0 Å². The van der Waals surface area contributed by atoms with Gasteiger partial charge in [-0.1, -0.05) is 45.7 Å². The number of nitrogens with one attached hydrogen (secondary N) is 1. The fraction of sp³-hybridized carbons (Fsp3) is 0.588. The third-order valence-electron chi connectivity index (χ3n) is 4.49. The Morgan fingerprint density at radius 1 is 1.30 bits per heavy atom. The van der Waals surface area contributed by atoms with E-state index in [-0.39, 0.29) is 12.0 Å². The molecule has 2 rings (SSSR count). The van der Waals surface area contributed by atoms with E-state index in [2.05, 4.69) is 39.1 Å². The van der Waals surface area contributed by atoms with Crippen molar-refractivity contribution in [2.45, 2.75) is 52.6 Å². The Hall–Kier alpha value is -1.51. The number of fused-ring (bicyclic) bond motifs is 1. The third-order valence-corrected chi connectivity index (χ3v) is 4.49. The van der Waals surface area contributed by atoms with Crippen LogP contribution in [-0.4, -0.2) is 18.6 Å². The molecular formula is C17H25NO2. The summed E-state index contributed by atoms with van der Waals surface area (Å²) in [6.45, 7) is 9.25. The zero-order chi connectivity index (χ0) is 14.7. The Bertz CT molecular complexity index is 480. The topological polar surface area (TPSA) is 38.3 Å². The van der Waals surface area contributed by atoms with Gasteiger partial charge >= 0.3 is 0 Å². The minimum absolute atomic E-state index is 0.0185. The fourth-order valence-electron chi connectivity index (χ4n) is 2.67. The predicted octanol–water partition coefficient (Wildman–Crippen LogP) is 3.74. The lowest BCUT2D eigenvalue weighted by molar-refractivity contribution is 0.0941. The van der Waals surface area contributed by atoms with Crippen molar-refractivity contribution in [1.29, 1.82) is 0 Å². The molecule has 2 unspecified atom stereocenters. The average molecular weight is 275 g/mol. The quantitative estimate of drug-likeness (QED) is 0.889. The molecule has 3 heteroatoms. The summed E-state index contributed by atoms with van der Waals surface area (Å²) in [6, 6.07) is 5.86. The zero-order valence-corrected chi connectivity index (χ0v) is 12.9. The van der Waals surface area contributed by atoms with Gasteiger partial charge in [-0.15, -0.1) is 0 Å². The molecule has 0 bridgehead atoms. The molecule has 1 aromatic carbocycles. The van der Waals surface area contributed by atoms with E-state index in [1.54, 1.807) is 0 Å². The highest BCUT2D eigenvalue weighted by Gasteiger charge is 2.30. The molecule has 0 spiro atoms. The van der Waals surface area contributed by atoms with Crippen LogP contribution < -0.4 is 10.1 Å². The molecule has 1 aliphatic heterocycles. The summed E-state index contributed by atoms with van der Waals surface area (Å²) in [6.07, 6.45) is 2.32. The Balaban J connectivity index is 2.12. The number of rotatable bonds is 5. The largest absolute Gasteiger partial charge is 0.489 e. The second-order valence-corrected chi connectivity index (χ2v) is 5.73. The number of para-hydroxylation sites is 1. The van der Waals surface area contributed by atoms with Crippen LogP contribution >= 0.6 is 0 Å². The summed E-state index contributed by atoms with van der Waals surface area (Å²) < 4.78 is 5.87. The fourth-order valence-corrected chi connectivity index (χ4v) is 2.67. The molecular weight excluding hydrogens is 250 g/mol. The minimum Gasteiger partial charge on any atom is -0.489 e. The number of carbonyl (C=O) groups is 1. The summed E-state index contributed by atoms with van der Waals surface area (Å²) in [5.74, 6) is 1.65. The highest BCUT2D eigenvalue weighted by atomic mass is 16.5. The Morgan fingerprint density at radius 3 is 2.65 bits per heavy atom. The first kappa shape index (κ1) is 14.9. The summed E-state index contributed by atoms with van der Waals surface area (Å²) in [5.41, 5.74) is 1.82. The van der Waals surface area contributed by atoms with E-state index < -0.39 is 0 Å². The highest BCUT2D eigenvalue weighted by molar-refractivity contribution is 5.97. The second-order valence-electron chi connectivity index (χ2n) is 5.73. The summed E-state index contributed by atoms with van der Waals surface area (Å²) >= 11 is 0. The van der Waals surface area contributed by atoms with Gasteiger partial charge in [-0.25, -0.2) is 0 Å². The van der Waals surface area contributed by atoms with Crippen LogP contribution in [0, 0.1) is 5.92 Å². The predicted molar refractivity (Wildman–Crippen MR) is 81.4 cm³/mol. The number of hydrogen-bond acceptors (Lipinski definition) is 2. The first-order valence-electron chi connectivity index (χ1n) is 7.66. The van der Waals surface area contributed by atoms with Gasteiger partial charge in [0.25, 0.3) is 5.91 Å². The van der Waals surface area contributed by atoms with Crippen LogP contribution in [0.25, 0.3) is 0 Å². The molecule has 1 aromatic rings. The molecule has 0 radical (unpaired) electrons. The Labute approximate surface area is 121 Å². The van der Waals surface area contributed by atoms with Crippen LogP contribution in [0.15, 0.2) is 18.2 Å². The normalized spacial score (nSPS) is 20.6. The van der Waals surface area contributed by atoms with Crippen molar-refractivity contribution < 1.29 is 9.53 Å². The van der Waals surface area contributed by atoms with E-state index in [9.17, 15) is 4.79 Å². The molecule has 0 aromatic heterocycles. The molecule has 1 heterocycles. The van der Waals surface area contributed by atoms with Crippen molar-refractivity contribution in [1.82, 2.24) is 5.32 Å². The first-order chi connectivity index (χ1) is 9.58. The van der Waals surface area contributed by atoms with Gasteiger partial charge in [0.2, 0.25) is 0 Å². The summed E-state index contributed by atoms with van der Waals surface area (Å²) in [7, 11) is 0. The third kappa shape index (κ3) is 2.82. The SMILES string of the molecule is CCC(CC)CNC(=O)c1cccc2c1OC(C)C2C. The van der Waals surface area contributed by atoms with Crippen molar-refractivity contribution in [2.24, 2.45) is 5.92 Å². The van der Waals surface area contributed by atoms with Crippen molar-refractivity contribution in [3.8, 4) is 5.75 Å². The lowest BCUT2D eigenvalue weighted by atomic mass is 9.96. The van der Waals surface area contributed by atoms with E-state index >= 15 is 0 Å². The smallest absolute Gasteiger partial charge is 0.255 e. The van der Waals surface area contributed by atoms with Gasteiger partial charge in [0.1, 0.15) is 11.9 Å². The minimum atomic E-state index is -0.0185. The van der Waals surface area contributed by atoms with Gasteiger partial charge in [-0.3, -0.25) is 4.79 Å². The standard InChI is InChI=1S/C17H25NO2/c1-5-13(6-2)10-18-17(19)15-9-7-8-14-11(3)12(4)20-16(14)15/h7-9,11-13H,5-6,10H2,1-4H3,(H,18,19). The average Bonchev–Trinajstić information content (AvgIpc) is 2.75. The van der Waals surface area contributed by atoms with Crippen molar-refractivity contribution in [3.05, 3.63) is 29.3 Å². The number of hydrogen-bond donors (Lipinski definition) is 1. The van der Waals surface area contributed by atoms with Gasteiger partial charge in [-0.05, 0) is 18.9 Å². The van der Waals surface area contributed by atoms with Crippen LogP contribution in [0.4, 0.5) is 0 Å². The second kappa shape index (κ2) is 6.29. The monoisotopic (exact) mass is 275 g/mol. The van der Waals surface area contributed by atoms with E-state index in [4.69, 9.17) is 4.74 Å². The lowest BCUT2D eigenvalue weighted by Gasteiger charge is -2.14. The molecule has 1 aliphatic rings. The van der Waals surface area contributed by atoms with Gasteiger partial charge in [0.05, 0.1) is 5.56 Å².